The van der Waals surface area contributed by atoms with E-state index in [1.165, 1.54) is 36.4 Å². The maximum Gasteiger partial charge on any atom is 0.416 e. The number of nitrogens with zero attached hydrogens (tertiary/aromatic N) is 2. The summed E-state index contributed by atoms with van der Waals surface area (Å²) in [4.78, 5) is 0. The van der Waals surface area contributed by atoms with E-state index in [0.717, 1.165) is 24.3 Å². The molecule has 41 heavy (non-hydrogen) atoms. The van der Waals surface area contributed by atoms with Gasteiger partial charge in [-0.1, -0.05) is 48.5 Å². The number of nitriles is 2. The zero-order valence-corrected chi connectivity index (χ0v) is 20.5. The van der Waals surface area contributed by atoms with Gasteiger partial charge in [-0.3, -0.25) is 0 Å². The van der Waals surface area contributed by atoms with Gasteiger partial charge in [-0.2, -0.15) is 36.9 Å². The number of alkyl halides is 6. The molecule has 0 aromatic heterocycles. The van der Waals surface area contributed by atoms with Crippen LogP contribution < -0.4 is 5.22 Å². The standard InChI is InChI=1S/C32H13F7N2/c33-24-13-12-23-28-21(24)2-1-3-22(28)29-25(16-4-8-19(9-5-16)31(34,35)36)27(18(14-40)15-41)26(30(23)29)17-6-10-20(11-7-17)32(37,38)39/h1-13H. The Labute approximate surface area is 227 Å². The van der Waals surface area contributed by atoms with E-state index in [2.05, 4.69) is 0 Å². The average Bonchev–Trinajstić information content (AvgIpc) is 3.44. The molecule has 0 amide bonds. The van der Waals surface area contributed by atoms with Gasteiger partial charge >= 0.3 is 12.4 Å². The predicted molar refractivity (Wildman–Crippen MR) is 140 cm³/mol. The molecule has 9 heteroatoms. The van der Waals surface area contributed by atoms with Crippen molar-refractivity contribution in [2.75, 3.05) is 0 Å². The molecule has 0 spiro atoms. The van der Waals surface area contributed by atoms with Crippen molar-refractivity contribution in [2.45, 2.75) is 12.4 Å². The molecule has 2 aliphatic carbocycles. The fourth-order valence-electron chi connectivity index (χ4n) is 5.57. The quantitative estimate of drug-likeness (QED) is 0.199. The van der Waals surface area contributed by atoms with E-state index >= 15 is 0 Å². The highest BCUT2D eigenvalue weighted by Crippen LogP contribution is 2.52. The summed E-state index contributed by atoms with van der Waals surface area (Å²) in [6.07, 6.45) is -9.23. The molecule has 0 saturated heterocycles. The van der Waals surface area contributed by atoms with Crippen molar-refractivity contribution >= 4 is 27.1 Å². The first kappa shape index (κ1) is 26.1. The highest BCUT2D eigenvalue weighted by Gasteiger charge is 2.34. The van der Waals surface area contributed by atoms with Crippen molar-refractivity contribution in [3.8, 4) is 45.5 Å². The van der Waals surface area contributed by atoms with E-state index in [1.54, 1.807) is 18.2 Å². The molecule has 0 heterocycles. The molecule has 0 saturated carbocycles. The molecule has 0 aliphatic heterocycles. The highest BCUT2D eigenvalue weighted by molar-refractivity contribution is 6.29. The van der Waals surface area contributed by atoms with Crippen molar-refractivity contribution in [1.29, 1.82) is 10.5 Å². The van der Waals surface area contributed by atoms with Crippen molar-refractivity contribution in [3.05, 3.63) is 101 Å². The summed E-state index contributed by atoms with van der Waals surface area (Å²) in [6.45, 7) is 0. The molecule has 0 N–H and O–H groups in total. The third kappa shape index (κ3) is 3.93. The van der Waals surface area contributed by atoms with Crippen molar-refractivity contribution < 1.29 is 30.7 Å². The predicted octanol–water partition coefficient (Wildman–Crippen LogP) is 8.96. The Balaban J connectivity index is 1.84. The van der Waals surface area contributed by atoms with Crippen molar-refractivity contribution in [2.24, 2.45) is 0 Å². The van der Waals surface area contributed by atoms with Crippen LogP contribution in [0.1, 0.15) is 11.1 Å². The maximum absolute atomic E-state index is 14.9. The summed E-state index contributed by atoms with van der Waals surface area (Å²) >= 11 is 0. The Kier molecular flexibility index (Phi) is 5.69. The number of rotatable bonds is 2. The van der Waals surface area contributed by atoms with Gasteiger partial charge in [0.25, 0.3) is 0 Å². The fraction of sp³-hybridized carbons (Fsp3) is 0.0625. The van der Waals surface area contributed by atoms with Crippen LogP contribution in [0.5, 0.6) is 0 Å². The van der Waals surface area contributed by atoms with Crippen LogP contribution >= 0.6 is 0 Å². The van der Waals surface area contributed by atoms with Crippen LogP contribution in [0.3, 0.4) is 0 Å². The molecule has 200 valence electrons. The van der Waals surface area contributed by atoms with Gasteiger partial charge in [0.1, 0.15) is 23.5 Å². The summed E-state index contributed by atoms with van der Waals surface area (Å²) in [5.41, 5.74) is -0.298. The van der Waals surface area contributed by atoms with Crippen molar-refractivity contribution in [1.82, 2.24) is 0 Å². The van der Waals surface area contributed by atoms with Crippen LogP contribution in [-0.4, -0.2) is 0 Å². The first-order valence-electron chi connectivity index (χ1n) is 12.1. The first-order valence-corrected chi connectivity index (χ1v) is 12.1. The molecular formula is C32H13F7N2. The lowest BCUT2D eigenvalue weighted by Crippen LogP contribution is -2.10. The minimum Gasteiger partial charge on any atom is -0.206 e. The van der Waals surface area contributed by atoms with Gasteiger partial charge in [-0.25, -0.2) is 4.39 Å². The van der Waals surface area contributed by atoms with Gasteiger partial charge in [0.2, 0.25) is 0 Å². The van der Waals surface area contributed by atoms with Gasteiger partial charge in [0.05, 0.1) is 11.1 Å². The number of hydrogen-bond donors (Lipinski definition) is 0. The SMILES string of the molecule is N#CC(C#N)=c1c(-c2ccc(C(F)(F)F)cc2)c2c3cccc4c(F)ccc(c-2c1-c1ccc(C(F)(F)F)cc1)c43. The molecule has 0 atom stereocenters. The lowest BCUT2D eigenvalue weighted by molar-refractivity contribution is -0.138. The van der Waals surface area contributed by atoms with E-state index in [9.17, 15) is 41.3 Å². The van der Waals surface area contributed by atoms with E-state index in [0.29, 0.717) is 27.3 Å². The summed E-state index contributed by atoms with van der Waals surface area (Å²) in [5.74, 6) is -0.510. The van der Waals surface area contributed by atoms with Crippen molar-refractivity contribution in [3.63, 3.8) is 0 Å². The fourth-order valence-corrected chi connectivity index (χ4v) is 5.57. The Morgan fingerprint density at radius 1 is 0.537 bits per heavy atom. The van der Waals surface area contributed by atoms with Crippen LogP contribution in [0.25, 0.3) is 60.5 Å². The van der Waals surface area contributed by atoms with Gasteiger partial charge in [-0.15, -0.1) is 0 Å². The molecule has 0 unspecified atom stereocenters. The largest absolute Gasteiger partial charge is 0.416 e. The second-order valence-electron chi connectivity index (χ2n) is 9.45. The molecular weight excluding hydrogens is 545 g/mol. The molecule has 2 aliphatic rings. The number of hydrogen-bond acceptors (Lipinski definition) is 2. The van der Waals surface area contributed by atoms with Crippen LogP contribution in [-0.2, 0) is 12.4 Å². The molecule has 4 aromatic rings. The normalized spacial score (nSPS) is 12.2. The highest BCUT2D eigenvalue weighted by atomic mass is 19.4. The van der Waals surface area contributed by atoms with Crippen LogP contribution in [0, 0.1) is 28.5 Å². The van der Waals surface area contributed by atoms with Crippen LogP contribution in [0.4, 0.5) is 30.7 Å². The molecule has 6 rings (SSSR count). The summed E-state index contributed by atoms with van der Waals surface area (Å²) in [7, 11) is 0. The van der Waals surface area contributed by atoms with E-state index in [-0.39, 0.29) is 38.4 Å². The van der Waals surface area contributed by atoms with Crippen LogP contribution in [0.15, 0.2) is 78.9 Å². The summed E-state index contributed by atoms with van der Waals surface area (Å²) in [6, 6.07) is 19.7. The lowest BCUT2D eigenvalue weighted by atomic mass is 9.96. The van der Waals surface area contributed by atoms with Crippen LogP contribution in [0.2, 0.25) is 0 Å². The topological polar surface area (TPSA) is 47.6 Å². The monoisotopic (exact) mass is 558 g/mol. The van der Waals surface area contributed by atoms with Gasteiger partial charge in [-0.05, 0) is 63.4 Å². The number of halogens is 7. The smallest absolute Gasteiger partial charge is 0.206 e. The number of benzene rings is 4. The molecule has 2 nitrogen and oxygen atoms in total. The summed E-state index contributed by atoms with van der Waals surface area (Å²) in [5, 5.41) is 21.8. The Morgan fingerprint density at radius 3 is 1.41 bits per heavy atom. The third-order valence-electron chi connectivity index (χ3n) is 7.25. The van der Waals surface area contributed by atoms with Gasteiger partial charge < -0.3 is 0 Å². The first-order chi connectivity index (χ1) is 19.5. The Morgan fingerprint density at radius 2 is 0.976 bits per heavy atom. The minimum atomic E-state index is -4.61. The third-order valence-corrected chi connectivity index (χ3v) is 7.25. The zero-order chi connectivity index (χ0) is 29.3. The van der Waals surface area contributed by atoms with E-state index in [1.807, 2.05) is 12.1 Å². The number of fused-ring (bicyclic) bond motifs is 3. The Hall–Kier alpha value is -5.15. The second-order valence-corrected chi connectivity index (χ2v) is 9.45. The Bertz CT molecular complexity index is 1960. The second kappa shape index (κ2) is 8.94. The van der Waals surface area contributed by atoms with E-state index < -0.39 is 29.3 Å². The summed E-state index contributed by atoms with van der Waals surface area (Å²) < 4.78 is 95.1. The molecule has 0 radical (unpaired) electrons. The molecule has 4 aromatic carbocycles. The lowest BCUT2D eigenvalue weighted by Gasteiger charge is -2.09. The van der Waals surface area contributed by atoms with Gasteiger partial charge in [0.15, 0.2) is 0 Å². The minimum absolute atomic E-state index is 0.0755. The van der Waals surface area contributed by atoms with E-state index in [4.69, 9.17) is 0 Å². The molecule has 0 bridgehead atoms. The maximum atomic E-state index is 14.9. The van der Waals surface area contributed by atoms with Gasteiger partial charge in [0, 0.05) is 27.1 Å². The molecule has 0 fully saturated rings. The average molecular weight is 558 g/mol. The zero-order valence-electron chi connectivity index (χ0n) is 20.5.